The van der Waals surface area contributed by atoms with Gasteiger partial charge in [0.2, 0.25) is 0 Å². The number of ether oxygens (including phenoxy) is 2. The molecule has 0 aliphatic rings. The number of hydrogen-bond acceptors (Lipinski definition) is 4. The Labute approximate surface area is 196 Å². The highest BCUT2D eigenvalue weighted by Crippen LogP contribution is 2.32. The number of carbonyl (C=O) groups is 2. The maximum atomic E-state index is 13.1. The maximum Gasteiger partial charge on any atom is 0.339 e. The number of benzene rings is 1. The first-order chi connectivity index (χ1) is 15.0. The van der Waals surface area contributed by atoms with Crippen LogP contribution in [0, 0.1) is 11.8 Å². The molecular weight excluding hydrogens is 400 g/mol. The predicted molar refractivity (Wildman–Crippen MR) is 132 cm³/mol. The molecule has 0 amide bonds. The normalized spacial score (nSPS) is 14.0. The molecular formula is C28H46O4. The number of unbranched alkanes of at least 4 members (excludes halogenated alkanes) is 2. The molecule has 0 saturated carbocycles. The molecule has 0 fully saturated rings. The van der Waals surface area contributed by atoms with Crippen LogP contribution >= 0.6 is 0 Å². The van der Waals surface area contributed by atoms with E-state index in [1.807, 2.05) is 27.7 Å². The zero-order chi connectivity index (χ0) is 24.4. The summed E-state index contributed by atoms with van der Waals surface area (Å²) in [6.45, 7) is 16.5. The highest BCUT2D eigenvalue weighted by molar-refractivity contribution is 6.03. The molecule has 1 aromatic rings. The third-order valence-electron chi connectivity index (χ3n) is 6.84. The van der Waals surface area contributed by atoms with Crippen LogP contribution in [0.1, 0.15) is 127 Å². The monoisotopic (exact) mass is 446 g/mol. The van der Waals surface area contributed by atoms with Crippen LogP contribution < -0.4 is 0 Å². The molecule has 0 saturated heterocycles. The molecule has 1 aromatic carbocycles. The van der Waals surface area contributed by atoms with E-state index in [0.29, 0.717) is 0 Å². The minimum atomic E-state index is -0.606. The average molecular weight is 447 g/mol. The highest BCUT2D eigenvalue weighted by atomic mass is 16.6. The first kappa shape index (κ1) is 28.2. The Bertz CT molecular complexity index is 659. The van der Waals surface area contributed by atoms with Gasteiger partial charge in [-0.1, -0.05) is 65.5 Å². The summed E-state index contributed by atoms with van der Waals surface area (Å²) in [5.74, 6) is -0.386. The number of esters is 2. The molecule has 0 heterocycles. The summed E-state index contributed by atoms with van der Waals surface area (Å²) in [5.41, 5.74) is -0.670. The van der Waals surface area contributed by atoms with Gasteiger partial charge in [0.05, 0.1) is 11.1 Å². The Morgan fingerprint density at radius 1 is 0.719 bits per heavy atom. The topological polar surface area (TPSA) is 52.6 Å². The van der Waals surface area contributed by atoms with E-state index in [9.17, 15) is 9.59 Å². The summed E-state index contributed by atoms with van der Waals surface area (Å²) in [6.07, 6.45) is 8.34. The van der Waals surface area contributed by atoms with Gasteiger partial charge in [-0.3, -0.25) is 0 Å². The van der Waals surface area contributed by atoms with Crippen molar-refractivity contribution in [2.24, 2.45) is 11.8 Å². The molecule has 2 unspecified atom stereocenters. The summed E-state index contributed by atoms with van der Waals surface area (Å²) >= 11 is 0. The van der Waals surface area contributed by atoms with Crippen molar-refractivity contribution >= 4 is 11.9 Å². The molecule has 4 heteroatoms. The molecule has 0 N–H and O–H groups in total. The number of carbonyl (C=O) groups excluding carboxylic acids is 2. The lowest BCUT2D eigenvalue weighted by atomic mass is 9.84. The van der Waals surface area contributed by atoms with Gasteiger partial charge in [-0.2, -0.15) is 0 Å². The Balaban J connectivity index is 3.05. The van der Waals surface area contributed by atoms with Gasteiger partial charge in [-0.15, -0.1) is 0 Å². The van der Waals surface area contributed by atoms with Crippen molar-refractivity contribution in [2.45, 2.75) is 118 Å². The second kappa shape index (κ2) is 13.0. The fraction of sp³-hybridized carbons (Fsp3) is 0.714. The summed E-state index contributed by atoms with van der Waals surface area (Å²) in [4.78, 5) is 26.3. The van der Waals surface area contributed by atoms with Crippen molar-refractivity contribution in [3.8, 4) is 0 Å². The van der Waals surface area contributed by atoms with Crippen LogP contribution in [0.3, 0.4) is 0 Å². The smallest absolute Gasteiger partial charge is 0.339 e. The lowest BCUT2D eigenvalue weighted by Crippen LogP contribution is -2.38. The second-order valence-corrected chi connectivity index (χ2v) is 10.0. The fourth-order valence-corrected chi connectivity index (χ4v) is 4.58. The SMILES string of the molecule is CCCCC(CC)C(C)(C)OC(=O)c1ccccc1C(=O)OC(C)(C)C(CC)CCCC. The largest absolute Gasteiger partial charge is 0.456 e. The Kier molecular flexibility index (Phi) is 11.5. The number of hydrogen-bond donors (Lipinski definition) is 0. The summed E-state index contributed by atoms with van der Waals surface area (Å²) in [5, 5.41) is 0. The standard InChI is InChI=1S/C28H46O4/c1-9-13-17-21(11-3)27(5,6)31-25(29)23-19-15-16-20-24(23)26(30)32-28(7,8)22(12-4)18-14-10-2/h15-16,19-22H,9-14,17-18H2,1-8H3. The molecule has 2 atom stereocenters. The van der Waals surface area contributed by atoms with Gasteiger partial charge in [0.25, 0.3) is 0 Å². The van der Waals surface area contributed by atoms with Crippen molar-refractivity contribution in [2.75, 3.05) is 0 Å². The lowest BCUT2D eigenvalue weighted by molar-refractivity contribution is -0.0373. The van der Waals surface area contributed by atoms with Crippen molar-refractivity contribution < 1.29 is 19.1 Å². The van der Waals surface area contributed by atoms with E-state index in [1.54, 1.807) is 24.3 Å². The van der Waals surface area contributed by atoms with Crippen LogP contribution in [0.2, 0.25) is 0 Å². The highest BCUT2D eigenvalue weighted by Gasteiger charge is 2.35. The Morgan fingerprint density at radius 3 is 1.34 bits per heavy atom. The van der Waals surface area contributed by atoms with Crippen LogP contribution in [0.4, 0.5) is 0 Å². The molecule has 0 spiro atoms. The molecule has 0 aliphatic heterocycles. The van der Waals surface area contributed by atoms with E-state index in [-0.39, 0.29) is 23.0 Å². The Hall–Kier alpha value is -1.84. The molecule has 0 radical (unpaired) electrons. The van der Waals surface area contributed by atoms with Crippen molar-refractivity contribution in [1.82, 2.24) is 0 Å². The predicted octanol–water partition coefficient (Wildman–Crippen LogP) is 7.99. The van der Waals surface area contributed by atoms with Gasteiger partial charge >= 0.3 is 11.9 Å². The first-order valence-electron chi connectivity index (χ1n) is 12.6. The molecule has 182 valence electrons. The van der Waals surface area contributed by atoms with Gasteiger partial charge in [0.15, 0.2) is 0 Å². The summed E-state index contributed by atoms with van der Waals surface area (Å²) in [7, 11) is 0. The van der Waals surface area contributed by atoms with Crippen molar-refractivity contribution in [3.63, 3.8) is 0 Å². The van der Waals surface area contributed by atoms with E-state index >= 15 is 0 Å². The zero-order valence-corrected chi connectivity index (χ0v) is 21.8. The van der Waals surface area contributed by atoms with E-state index in [4.69, 9.17) is 9.47 Å². The number of rotatable bonds is 14. The summed E-state index contributed by atoms with van der Waals surface area (Å²) < 4.78 is 11.9. The third kappa shape index (κ3) is 7.94. The van der Waals surface area contributed by atoms with Crippen LogP contribution in [-0.2, 0) is 9.47 Å². The van der Waals surface area contributed by atoms with Gasteiger partial charge in [-0.25, -0.2) is 9.59 Å². The second-order valence-electron chi connectivity index (χ2n) is 10.0. The summed E-state index contributed by atoms with van der Waals surface area (Å²) in [6, 6.07) is 6.83. The van der Waals surface area contributed by atoms with E-state index in [1.165, 1.54) is 0 Å². The molecule has 32 heavy (non-hydrogen) atoms. The van der Waals surface area contributed by atoms with Crippen LogP contribution in [0.15, 0.2) is 24.3 Å². The first-order valence-corrected chi connectivity index (χ1v) is 12.6. The van der Waals surface area contributed by atoms with E-state index in [0.717, 1.165) is 51.4 Å². The molecule has 0 aromatic heterocycles. The maximum absolute atomic E-state index is 13.1. The van der Waals surface area contributed by atoms with Crippen molar-refractivity contribution in [3.05, 3.63) is 35.4 Å². The Morgan fingerprint density at radius 2 is 1.06 bits per heavy atom. The average Bonchev–Trinajstić information content (AvgIpc) is 2.73. The molecule has 0 bridgehead atoms. The molecule has 0 aliphatic carbocycles. The van der Waals surface area contributed by atoms with Crippen molar-refractivity contribution in [1.29, 1.82) is 0 Å². The van der Waals surface area contributed by atoms with Gasteiger partial charge < -0.3 is 9.47 Å². The van der Waals surface area contributed by atoms with E-state index in [2.05, 4.69) is 27.7 Å². The van der Waals surface area contributed by atoms with Gasteiger partial charge in [-0.05, 0) is 77.3 Å². The van der Waals surface area contributed by atoms with E-state index < -0.39 is 23.1 Å². The lowest BCUT2D eigenvalue weighted by Gasteiger charge is -2.34. The quantitative estimate of drug-likeness (QED) is 0.272. The van der Waals surface area contributed by atoms with Crippen LogP contribution in [0.25, 0.3) is 0 Å². The third-order valence-corrected chi connectivity index (χ3v) is 6.84. The fourth-order valence-electron chi connectivity index (χ4n) is 4.58. The van der Waals surface area contributed by atoms with Crippen LogP contribution in [0.5, 0.6) is 0 Å². The minimum Gasteiger partial charge on any atom is -0.456 e. The zero-order valence-electron chi connectivity index (χ0n) is 21.8. The minimum absolute atomic E-state index is 0.272. The molecule has 4 nitrogen and oxygen atoms in total. The molecule has 1 rings (SSSR count). The van der Waals surface area contributed by atoms with Gasteiger partial charge in [0, 0.05) is 0 Å². The van der Waals surface area contributed by atoms with Gasteiger partial charge in [0.1, 0.15) is 11.2 Å². The van der Waals surface area contributed by atoms with Crippen LogP contribution in [-0.4, -0.2) is 23.1 Å².